The van der Waals surface area contributed by atoms with Gasteiger partial charge in [-0.2, -0.15) is 5.26 Å². The van der Waals surface area contributed by atoms with E-state index in [4.69, 9.17) is 0 Å². The van der Waals surface area contributed by atoms with Crippen LogP contribution in [0.4, 0.5) is 5.69 Å². The maximum absolute atomic E-state index is 9.29. The topological polar surface area (TPSA) is 39.9 Å². The van der Waals surface area contributed by atoms with Gasteiger partial charge in [-0.1, -0.05) is 28.1 Å². The normalized spacial score (nSPS) is 10.1. The van der Waals surface area contributed by atoms with Gasteiger partial charge in [0.05, 0.1) is 23.5 Å². The van der Waals surface area contributed by atoms with E-state index < -0.39 is 0 Å². The van der Waals surface area contributed by atoms with E-state index in [-0.39, 0.29) is 0 Å². The summed E-state index contributed by atoms with van der Waals surface area (Å²) in [5.74, 6) is 0. The van der Waals surface area contributed by atoms with E-state index in [1.807, 2.05) is 50.4 Å². The SMILES string of the molecule is Cc1cccc(CN(C)c2ccc(CBr)cc2C#N)n1. The van der Waals surface area contributed by atoms with E-state index in [9.17, 15) is 5.26 Å². The van der Waals surface area contributed by atoms with Gasteiger partial charge < -0.3 is 4.90 Å². The number of anilines is 1. The number of alkyl halides is 1. The summed E-state index contributed by atoms with van der Waals surface area (Å²) in [5.41, 5.74) is 4.73. The van der Waals surface area contributed by atoms with Gasteiger partial charge in [0, 0.05) is 18.1 Å². The van der Waals surface area contributed by atoms with Crippen LogP contribution in [-0.4, -0.2) is 12.0 Å². The van der Waals surface area contributed by atoms with Gasteiger partial charge in [-0.3, -0.25) is 4.98 Å². The van der Waals surface area contributed by atoms with Crippen LogP contribution in [0.15, 0.2) is 36.4 Å². The first-order chi connectivity index (χ1) is 9.63. The summed E-state index contributed by atoms with van der Waals surface area (Å²) in [4.78, 5) is 6.55. The fourth-order valence-corrected chi connectivity index (χ4v) is 2.45. The van der Waals surface area contributed by atoms with Crippen molar-refractivity contribution >= 4 is 21.6 Å². The van der Waals surface area contributed by atoms with E-state index >= 15 is 0 Å². The summed E-state index contributed by atoms with van der Waals surface area (Å²) < 4.78 is 0. The van der Waals surface area contributed by atoms with Crippen LogP contribution in [0.25, 0.3) is 0 Å². The molecular formula is C16H16BrN3. The highest BCUT2D eigenvalue weighted by Crippen LogP contribution is 2.22. The van der Waals surface area contributed by atoms with Gasteiger partial charge in [0.1, 0.15) is 6.07 Å². The molecule has 1 aromatic heterocycles. The van der Waals surface area contributed by atoms with Crippen molar-refractivity contribution in [1.29, 1.82) is 5.26 Å². The van der Waals surface area contributed by atoms with Gasteiger partial charge in [-0.05, 0) is 36.8 Å². The molecule has 0 aliphatic heterocycles. The van der Waals surface area contributed by atoms with Crippen LogP contribution in [0.2, 0.25) is 0 Å². The molecule has 2 rings (SSSR count). The van der Waals surface area contributed by atoms with Crippen molar-refractivity contribution in [2.75, 3.05) is 11.9 Å². The Bertz CT molecular complexity index is 646. The van der Waals surface area contributed by atoms with Crippen molar-refractivity contribution in [2.45, 2.75) is 18.8 Å². The standard InChI is InChI=1S/C16H16BrN3/c1-12-4-3-5-15(19-12)11-20(2)16-7-6-13(9-17)8-14(16)10-18/h3-8H,9,11H2,1-2H3. The molecule has 2 aromatic rings. The van der Waals surface area contributed by atoms with Crippen LogP contribution < -0.4 is 4.90 Å². The van der Waals surface area contributed by atoms with Crippen LogP contribution in [0.5, 0.6) is 0 Å². The van der Waals surface area contributed by atoms with Gasteiger partial charge >= 0.3 is 0 Å². The number of benzene rings is 1. The second kappa shape index (κ2) is 6.53. The molecule has 0 atom stereocenters. The number of aromatic nitrogens is 1. The van der Waals surface area contributed by atoms with Gasteiger partial charge in [-0.25, -0.2) is 0 Å². The summed E-state index contributed by atoms with van der Waals surface area (Å²) in [7, 11) is 1.98. The molecule has 0 fully saturated rings. The van der Waals surface area contributed by atoms with Gasteiger partial charge in [-0.15, -0.1) is 0 Å². The maximum Gasteiger partial charge on any atom is 0.101 e. The third-order valence-corrected chi connectivity index (χ3v) is 3.74. The summed E-state index contributed by atoms with van der Waals surface area (Å²) in [6, 6.07) is 14.2. The fraction of sp³-hybridized carbons (Fsp3) is 0.250. The van der Waals surface area contributed by atoms with Crippen molar-refractivity contribution in [3.63, 3.8) is 0 Å². The molecule has 4 heteroatoms. The zero-order chi connectivity index (χ0) is 14.5. The first kappa shape index (κ1) is 14.5. The lowest BCUT2D eigenvalue weighted by molar-refractivity contribution is 0.875. The second-order valence-electron chi connectivity index (χ2n) is 4.72. The highest BCUT2D eigenvalue weighted by atomic mass is 79.9. The Labute approximate surface area is 128 Å². The Hall–Kier alpha value is -1.86. The van der Waals surface area contributed by atoms with Gasteiger partial charge in [0.25, 0.3) is 0 Å². The fourth-order valence-electron chi connectivity index (χ4n) is 2.10. The molecule has 1 heterocycles. The smallest absolute Gasteiger partial charge is 0.101 e. The molecule has 0 saturated heterocycles. The lowest BCUT2D eigenvalue weighted by atomic mass is 10.1. The molecule has 0 saturated carbocycles. The minimum absolute atomic E-state index is 0.685. The van der Waals surface area contributed by atoms with Crippen LogP contribution in [0.3, 0.4) is 0 Å². The quantitative estimate of drug-likeness (QED) is 0.801. The maximum atomic E-state index is 9.29. The predicted molar refractivity (Wildman–Crippen MR) is 84.9 cm³/mol. The molecule has 102 valence electrons. The van der Waals surface area contributed by atoms with Crippen LogP contribution in [0, 0.1) is 18.3 Å². The Morgan fingerprint density at radius 1 is 1.30 bits per heavy atom. The molecule has 0 radical (unpaired) electrons. The zero-order valence-corrected chi connectivity index (χ0v) is 13.2. The number of nitriles is 1. The predicted octanol–water partition coefficient (Wildman–Crippen LogP) is 3.79. The number of rotatable bonds is 4. The summed E-state index contributed by atoms with van der Waals surface area (Å²) in [6.45, 7) is 2.67. The Balaban J connectivity index is 2.25. The molecule has 3 nitrogen and oxygen atoms in total. The third-order valence-electron chi connectivity index (χ3n) is 3.09. The van der Waals surface area contributed by atoms with Crippen molar-refractivity contribution in [1.82, 2.24) is 4.98 Å². The molecule has 0 aliphatic rings. The largest absolute Gasteiger partial charge is 0.368 e. The lowest BCUT2D eigenvalue weighted by Crippen LogP contribution is -2.18. The van der Waals surface area contributed by atoms with E-state index in [1.54, 1.807) is 0 Å². The number of nitrogens with zero attached hydrogens (tertiary/aromatic N) is 3. The van der Waals surface area contributed by atoms with Crippen LogP contribution >= 0.6 is 15.9 Å². The van der Waals surface area contributed by atoms with Crippen molar-refractivity contribution < 1.29 is 0 Å². The lowest BCUT2D eigenvalue weighted by Gasteiger charge is -2.20. The minimum Gasteiger partial charge on any atom is -0.368 e. The van der Waals surface area contributed by atoms with Crippen LogP contribution in [-0.2, 0) is 11.9 Å². The first-order valence-electron chi connectivity index (χ1n) is 6.36. The molecular weight excluding hydrogens is 314 g/mol. The Kier molecular flexibility index (Phi) is 4.75. The minimum atomic E-state index is 0.685. The molecule has 0 bridgehead atoms. The average molecular weight is 330 g/mol. The van der Waals surface area contributed by atoms with E-state index in [1.165, 1.54) is 0 Å². The van der Waals surface area contributed by atoms with Crippen molar-refractivity contribution in [2.24, 2.45) is 0 Å². The number of pyridine rings is 1. The average Bonchev–Trinajstić information content (AvgIpc) is 2.46. The summed E-state index contributed by atoms with van der Waals surface area (Å²) in [5, 5.41) is 10.0. The number of aryl methyl sites for hydroxylation is 1. The third kappa shape index (κ3) is 3.37. The molecule has 0 spiro atoms. The molecule has 0 aliphatic carbocycles. The molecule has 0 amide bonds. The summed E-state index contributed by atoms with van der Waals surface area (Å²) in [6.07, 6.45) is 0. The Morgan fingerprint density at radius 3 is 2.75 bits per heavy atom. The first-order valence-corrected chi connectivity index (χ1v) is 7.49. The summed E-state index contributed by atoms with van der Waals surface area (Å²) >= 11 is 3.41. The zero-order valence-electron chi connectivity index (χ0n) is 11.6. The number of hydrogen-bond acceptors (Lipinski definition) is 3. The molecule has 1 aromatic carbocycles. The highest BCUT2D eigenvalue weighted by molar-refractivity contribution is 9.08. The number of halogens is 1. The van der Waals surface area contributed by atoms with E-state index in [2.05, 4.69) is 31.9 Å². The second-order valence-corrected chi connectivity index (χ2v) is 5.28. The number of hydrogen-bond donors (Lipinski definition) is 0. The Morgan fingerprint density at radius 2 is 2.10 bits per heavy atom. The van der Waals surface area contributed by atoms with E-state index in [0.29, 0.717) is 12.1 Å². The van der Waals surface area contributed by atoms with Crippen molar-refractivity contribution in [3.05, 3.63) is 58.9 Å². The van der Waals surface area contributed by atoms with Gasteiger partial charge in [0.15, 0.2) is 0 Å². The van der Waals surface area contributed by atoms with Crippen LogP contribution in [0.1, 0.15) is 22.5 Å². The monoisotopic (exact) mass is 329 g/mol. The molecule has 0 N–H and O–H groups in total. The van der Waals surface area contributed by atoms with Gasteiger partial charge in [0.2, 0.25) is 0 Å². The molecule has 0 unspecified atom stereocenters. The molecule has 20 heavy (non-hydrogen) atoms. The van der Waals surface area contributed by atoms with Crippen molar-refractivity contribution in [3.8, 4) is 6.07 Å². The van der Waals surface area contributed by atoms with E-state index in [0.717, 1.165) is 28.0 Å². The highest BCUT2D eigenvalue weighted by Gasteiger charge is 2.09.